The van der Waals surface area contributed by atoms with Gasteiger partial charge in [0.15, 0.2) is 0 Å². The minimum atomic E-state index is -1.18. The predicted octanol–water partition coefficient (Wildman–Crippen LogP) is 0.423. The number of carboxylic acid groups (broad SMARTS) is 1. The number of hydrogen-bond acceptors (Lipinski definition) is 9. The molecule has 52 heavy (non-hydrogen) atoms. The smallest absolute Gasteiger partial charge is 0.324 e. The Balaban J connectivity index is 1.77. The summed E-state index contributed by atoms with van der Waals surface area (Å²) in [5.74, 6) is -2.90. The van der Waals surface area contributed by atoms with Crippen LogP contribution in [-0.2, 0) is 36.8 Å². The topological polar surface area (TPSA) is 235 Å². The number of carbonyl (C=O) groups excluding carboxylic acids is 4. The van der Waals surface area contributed by atoms with Crippen LogP contribution in [0.25, 0.3) is 0 Å². The molecule has 1 aliphatic heterocycles. The average molecular weight is 723 g/mol. The standard InChI is InChI=1S/C38H58N8O6/c1-26(2)23-31(34(48)43-30(15-9-10-18-39)36(50)46-21-16-38(17-22-46,37(51)52)42-20-19-40)45-35(49)32(25-28-13-7-4-8-14-28)44-33(47)29(41)24-27-11-5-3-6-12-27/h3-8,11-14,26,29-32,42H,9-10,15-25,39-41H2,1-2H3,(H,43,48)(H,44,47)(H,45,49)(H,51,52). The van der Waals surface area contributed by atoms with Crippen LogP contribution in [0.5, 0.6) is 0 Å². The lowest BCUT2D eigenvalue weighted by Gasteiger charge is -2.40. The van der Waals surface area contributed by atoms with Crippen LogP contribution in [0.4, 0.5) is 0 Å². The van der Waals surface area contributed by atoms with E-state index in [1.54, 1.807) is 4.90 Å². The Morgan fingerprint density at radius 1 is 0.750 bits per heavy atom. The number of amides is 4. The lowest BCUT2D eigenvalue weighted by Crippen LogP contribution is -2.62. The number of piperidine rings is 1. The molecule has 0 saturated carbocycles. The number of benzene rings is 2. The van der Waals surface area contributed by atoms with E-state index in [4.69, 9.17) is 17.2 Å². The van der Waals surface area contributed by atoms with E-state index in [0.29, 0.717) is 32.4 Å². The third kappa shape index (κ3) is 13.0. The highest BCUT2D eigenvalue weighted by molar-refractivity contribution is 5.95. The van der Waals surface area contributed by atoms with Gasteiger partial charge in [-0.05, 0) is 68.5 Å². The Labute approximate surface area is 307 Å². The van der Waals surface area contributed by atoms with Crippen molar-refractivity contribution in [2.75, 3.05) is 32.7 Å². The highest BCUT2D eigenvalue weighted by atomic mass is 16.4. The van der Waals surface area contributed by atoms with Crippen LogP contribution < -0.4 is 38.5 Å². The molecule has 0 aliphatic carbocycles. The molecule has 4 amide bonds. The van der Waals surface area contributed by atoms with Crippen molar-refractivity contribution < 1.29 is 29.1 Å². The van der Waals surface area contributed by atoms with Gasteiger partial charge in [-0.25, -0.2) is 0 Å². The zero-order valence-electron chi connectivity index (χ0n) is 30.5. The van der Waals surface area contributed by atoms with Crippen molar-refractivity contribution in [3.05, 3.63) is 71.8 Å². The second kappa shape index (κ2) is 21.2. The maximum atomic E-state index is 13.9. The van der Waals surface area contributed by atoms with Crippen LogP contribution in [0.1, 0.15) is 63.5 Å². The van der Waals surface area contributed by atoms with Gasteiger partial charge in [0.05, 0.1) is 6.04 Å². The normalized spacial score (nSPS) is 16.3. The molecule has 286 valence electrons. The van der Waals surface area contributed by atoms with Gasteiger partial charge in [0.2, 0.25) is 23.6 Å². The molecule has 11 N–H and O–H groups in total. The van der Waals surface area contributed by atoms with Crippen molar-refractivity contribution in [3.8, 4) is 0 Å². The van der Waals surface area contributed by atoms with Gasteiger partial charge in [0.1, 0.15) is 23.7 Å². The van der Waals surface area contributed by atoms with Crippen LogP contribution in [0.15, 0.2) is 60.7 Å². The summed E-state index contributed by atoms with van der Waals surface area (Å²) in [5.41, 5.74) is 18.1. The third-order valence-corrected chi connectivity index (χ3v) is 9.40. The number of aliphatic carboxylic acids is 1. The number of unbranched alkanes of at least 4 members (excludes halogenated alkanes) is 1. The number of nitrogens with two attached hydrogens (primary N) is 3. The maximum Gasteiger partial charge on any atom is 0.324 e. The molecule has 14 nitrogen and oxygen atoms in total. The first-order valence-corrected chi connectivity index (χ1v) is 18.3. The number of likely N-dealkylation sites (tertiary alicyclic amines) is 1. The monoisotopic (exact) mass is 722 g/mol. The zero-order chi connectivity index (χ0) is 38.1. The van der Waals surface area contributed by atoms with Gasteiger partial charge in [-0.2, -0.15) is 0 Å². The summed E-state index contributed by atoms with van der Waals surface area (Å²) in [6.07, 6.45) is 2.64. The molecule has 0 spiro atoms. The van der Waals surface area contributed by atoms with E-state index < -0.39 is 53.4 Å². The van der Waals surface area contributed by atoms with Gasteiger partial charge in [-0.3, -0.25) is 24.0 Å². The molecule has 1 heterocycles. The first-order valence-electron chi connectivity index (χ1n) is 18.3. The predicted molar refractivity (Wildman–Crippen MR) is 200 cm³/mol. The molecular weight excluding hydrogens is 664 g/mol. The van der Waals surface area contributed by atoms with Gasteiger partial charge >= 0.3 is 5.97 Å². The van der Waals surface area contributed by atoms with E-state index in [2.05, 4.69) is 21.3 Å². The largest absolute Gasteiger partial charge is 0.480 e. The summed E-state index contributed by atoms with van der Waals surface area (Å²) >= 11 is 0. The van der Waals surface area contributed by atoms with E-state index in [0.717, 1.165) is 11.1 Å². The van der Waals surface area contributed by atoms with Crippen LogP contribution >= 0.6 is 0 Å². The second-order valence-electron chi connectivity index (χ2n) is 14.0. The maximum absolute atomic E-state index is 13.9. The summed E-state index contributed by atoms with van der Waals surface area (Å²) in [6, 6.07) is 14.7. The molecule has 4 atom stereocenters. The van der Waals surface area contributed by atoms with E-state index >= 15 is 0 Å². The van der Waals surface area contributed by atoms with Crippen molar-refractivity contribution in [2.24, 2.45) is 23.1 Å². The van der Waals surface area contributed by atoms with Gasteiger partial charge in [-0.15, -0.1) is 0 Å². The Morgan fingerprint density at radius 3 is 1.83 bits per heavy atom. The number of rotatable bonds is 21. The van der Waals surface area contributed by atoms with Crippen LogP contribution in [-0.4, -0.2) is 102 Å². The first-order chi connectivity index (χ1) is 24.9. The van der Waals surface area contributed by atoms with Crippen molar-refractivity contribution in [1.82, 2.24) is 26.2 Å². The SMILES string of the molecule is CC(C)CC(NC(=O)C(Cc1ccccc1)NC(=O)C(N)Cc1ccccc1)C(=O)NC(CCCCN)C(=O)N1CCC(NCCN)(C(=O)O)CC1. The molecule has 2 aromatic rings. The van der Waals surface area contributed by atoms with Gasteiger partial charge in [0.25, 0.3) is 0 Å². The van der Waals surface area contributed by atoms with Crippen LogP contribution in [0, 0.1) is 5.92 Å². The van der Waals surface area contributed by atoms with Crippen LogP contribution in [0.2, 0.25) is 0 Å². The highest BCUT2D eigenvalue weighted by Crippen LogP contribution is 2.24. The van der Waals surface area contributed by atoms with Crippen molar-refractivity contribution >= 4 is 29.6 Å². The quantitative estimate of drug-likeness (QED) is 0.0828. The number of carbonyl (C=O) groups is 5. The molecule has 2 aromatic carbocycles. The fourth-order valence-corrected chi connectivity index (χ4v) is 6.40. The Bertz CT molecular complexity index is 1440. The molecule has 1 aliphatic rings. The summed E-state index contributed by atoms with van der Waals surface area (Å²) in [6.45, 7) is 5.24. The van der Waals surface area contributed by atoms with E-state index in [-0.39, 0.29) is 63.6 Å². The van der Waals surface area contributed by atoms with E-state index in [1.165, 1.54) is 0 Å². The van der Waals surface area contributed by atoms with Crippen molar-refractivity contribution in [2.45, 2.75) is 94.9 Å². The Morgan fingerprint density at radius 2 is 1.29 bits per heavy atom. The van der Waals surface area contributed by atoms with Gasteiger partial charge < -0.3 is 48.5 Å². The lowest BCUT2D eigenvalue weighted by molar-refractivity contribution is -0.150. The van der Waals surface area contributed by atoms with Crippen molar-refractivity contribution in [3.63, 3.8) is 0 Å². The second-order valence-corrected chi connectivity index (χ2v) is 14.0. The van der Waals surface area contributed by atoms with Crippen LogP contribution in [0.3, 0.4) is 0 Å². The molecule has 0 aromatic heterocycles. The summed E-state index contributed by atoms with van der Waals surface area (Å²) < 4.78 is 0. The molecule has 0 bridgehead atoms. The number of nitrogens with one attached hydrogen (secondary N) is 4. The van der Waals surface area contributed by atoms with E-state index in [9.17, 15) is 29.1 Å². The third-order valence-electron chi connectivity index (χ3n) is 9.40. The molecule has 3 rings (SSSR count). The first kappa shape index (κ1) is 42.0. The Kier molecular flexibility index (Phi) is 17.2. The molecular formula is C38H58N8O6. The summed E-state index contributed by atoms with van der Waals surface area (Å²) in [5, 5.41) is 21.5. The highest BCUT2D eigenvalue weighted by Gasteiger charge is 2.43. The number of carboxylic acids is 1. The minimum Gasteiger partial charge on any atom is -0.480 e. The summed E-state index contributed by atoms with van der Waals surface area (Å²) in [7, 11) is 0. The molecule has 1 saturated heterocycles. The summed E-state index contributed by atoms with van der Waals surface area (Å²) in [4.78, 5) is 68.7. The molecule has 0 radical (unpaired) electrons. The minimum absolute atomic E-state index is 0.00356. The van der Waals surface area contributed by atoms with Gasteiger partial charge in [-0.1, -0.05) is 74.5 Å². The molecule has 14 heteroatoms. The molecule has 1 fully saturated rings. The van der Waals surface area contributed by atoms with E-state index in [1.807, 2.05) is 74.5 Å². The fraction of sp³-hybridized carbons (Fsp3) is 0.553. The lowest BCUT2D eigenvalue weighted by atomic mass is 9.87. The number of nitrogens with zero attached hydrogens (tertiary/aromatic N) is 1. The molecule has 4 unspecified atom stereocenters. The fourth-order valence-electron chi connectivity index (χ4n) is 6.40. The number of hydrogen-bond donors (Lipinski definition) is 8. The van der Waals surface area contributed by atoms with Gasteiger partial charge in [0, 0.05) is 32.6 Å². The zero-order valence-corrected chi connectivity index (χ0v) is 30.5. The Hall–Kier alpha value is -4.37. The van der Waals surface area contributed by atoms with Crippen molar-refractivity contribution in [1.29, 1.82) is 0 Å². The average Bonchev–Trinajstić information content (AvgIpc) is 3.13.